The van der Waals surface area contributed by atoms with Crippen LogP contribution in [-0.2, 0) is 4.79 Å². The molecule has 5 nitrogen and oxygen atoms in total. The lowest BCUT2D eigenvalue weighted by Crippen LogP contribution is -2.44. The van der Waals surface area contributed by atoms with Crippen molar-refractivity contribution in [2.24, 2.45) is 0 Å². The van der Waals surface area contributed by atoms with Crippen molar-refractivity contribution in [3.63, 3.8) is 0 Å². The predicted molar refractivity (Wildman–Crippen MR) is 73.8 cm³/mol. The van der Waals surface area contributed by atoms with Crippen LogP contribution in [0.5, 0.6) is 0 Å². The van der Waals surface area contributed by atoms with E-state index in [-0.39, 0.29) is 17.5 Å². The zero-order valence-corrected chi connectivity index (χ0v) is 11.4. The third-order valence-corrected chi connectivity index (χ3v) is 3.73. The molecule has 1 aromatic rings. The smallest absolute Gasteiger partial charge is 0.294 e. The van der Waals surface area contributed by atoms with Gasteiger partial charge in [0.05, 0.1) is 16.0 Å². The second kappa shape index (κ2) is 5.57. The summed E-state index contributed by atoms with van der Waals surface area (Å²) in [5.74, 6) is 0.0221. The maximum absolute atomic E-state index is 11.7. The molecule has 0 N–H and O–H groups in total. The van der Waals surface area contributed by atoms with Gasteiger partial charge in [-0.05, 0) is 32.3 Å². The van der Waals surface area contributed by atoms with Gasteiger partial charge in [0, 0.05) is 12.6 Å². The number of carbonyl (C=O) groups excluding carboxylic acids is 1. The number of nitro benzene ring substituents is 1. The number of anilines is 1. The molecule has 1 atom stereocenters. The molecule has 1 aliphatic rings. The van der Waals surface area contributed by atoms with Gasteiger partial charge in [0.25, 0.3) is 5.69 Å². The fraction of sp³-hybridized carbons (Fsp3) is 0.462. The van der Waals surface area contributed by atoms with E-state index in [1.165, 1.54) is 13.0 Å². The largest absolute Gasteiger partial charge is 0.355 e. The van der Waals surface area contributed by atoms with E-state index in [0.29, 0.717) is 17.3 Å². The summed E-state index contributed by atoms with van der Waals surface area (Å²) in [5, 5.41) is 11.5. The van der Waals surface area contributed by atoms with Crippen molar-refractivity contribution in [3.8, 4) is 0 Å². The molecule has 0 aromatic heterocycles. The highest BCUT2D eigenvalue weighted by molar-refractivity contribution is 6.33. The van der Waals surface area contributed by atoms with Crippen molar-refractivity contribution < 1.29 is 9.72 Å². The Hall–Kier alpha value is -1.62. The summed E-state index contributed by atoms with van der Waals surface area (Å²) in [6.07, 6.45) is 2.59. The maximum atomic E-state index is 11.7. The SMILES string of the molecule is CC(=O)C1CCCCN1c1c(Cl)cccc1[N+](=O)[O-]. The van der Waals surface area contributed by atoms with E-state index in [4.69, 9.17) is 11.6 Å². The Bertz CT molecular complexity index is 519. The molecule has 0 saturated carbocycles. The average molecular weight is 283 g/mol. The van der Waals surface area contributed by atoms with Gasteiger partial charge in [-0.15, -0.1) is 0 Å². The predicted octanol–water partition coefficient (Wildman–Crippen LogP) is 3.20. The number of rotatable bonds is 3. The number of Topliss-reactive ketones (excluding diaryl/α,β-unsaturated/α-hetero) is 1. The topological polar surface area (TPSA) is 63.5 Å². The van der Waals surface area contributed by atoms with Crippen LogP contribution in [0.4, 0.5) is 11.4 Å². The van der Waals surface area contributed by atoms with E-state index in [1.807, 2.05) is 0 Å². The summed E-state index contributed by atoms with van der Waals surface area (Å²) in [7, 11) is 0. The first-order valence-corrected chi connectivity index (χ1v) is 6.60. The third-order valence-electron chi connectivity index (χ3n) is 3.42. The normalized spacial score (nSPS) is 19.3. The van der Waals surface area contributed by atoms with Crippen LogP contribution in [0.15, 0.2) is 18.2 Å². The second-order valence-electron chi connectivity index (χ2n) is 4.68. The first-order chi connectivity index (χ1) is 9.02. The molecule has 1 aromatic carbocycles. The lowest BCUT2D eigenvalue weighted by atomic mass is 9.98. The number of nitrogens with zero attached hydrogens (tertiary/aromatic N) is 2. The molecule has 1 unspecified atom stereocenters. The van der Waals surface area contributed by atoms with Crippen molar-refractivity contribution in [3.05, 3.63) is 33.3 Å². The van der Waals surface area contributed by atoms with Gasteiger partial charge in [0.15, 0.2) is 5.78 Å². The van der Waals surface area contributed by atoms with Crippen molar-refractivity contribution in [1.29, 1.82) is 0 Å². The summed E-state index contributed by atoms with van der Waals surface area (Å²) in [6.45, 7) is 2.14. The number of para-hydroxylation sites is 1. The molecule has 0 radical (unpaired) electrons. The van der Waals surface area contributed by atoms with Crippen LogP contribution in [0.1, 0.15) is 26.2 Å². The van der Waals surface area contributed by atoms with E-state index >= 15 is 0 Å². The van der Waals surface area contributed by atoms with Crippen molar-refractivity contribution in [2.75, 3.05) is 11.4 Å². The van der Waals surface area contributed by atoms with Gasteiger partial charge in [-0.1, -0.05) is 17.7 Å². The number of nitro groups is 1. The molecule has 1 saturated heterocycles. The van der Waals surface area contributed by atoms with Crippen LogP contribution >= 0.6 is 11.6 Å². The zero-order chi connectivity index (χ0) is 14.0. The summed E-state index contributed by atoms with van der Waals surface area (Å²) in [6, 6.07) is 4.28. The van der Waals surface area contributed by atoms with Crippen LogP contribution in [0.2, 0.25) is 5.02 Å². The molecule has 1 fully saturated rings. The monoisotopic (exact) mass is 282 g/mol. The molecule has 1 heterocycles. The van der Waals surface area contributed by atoms with Gasteiger partial charge in [-0.25, -0.2) is 0 Å². The van der Waals surface area contributed by atoms with E-state index in [9.17, 15) is 14.9 Å². The third kappa shape index (κ3) is 2.71. The molecule has 6 heteroatoms. The van der Waals surface area contributed by atoms with Crippen LogP contribution < -0.4 is 4.90 Å². The number of benzene rings is 1. The summed E-state index contributed by atoms with van der Waals surface area (Å²) in [5.41, 5.74) is 0.328. The maximum Gasteiger partial charge on any atom is 0.294 e. The Morgan fingerprint density at radius 2 is 2.21 bits per heavy atom. The number of carbonyl (C=O) groups is 1. The van der Waals surface area contributed by atoms with Gasteiger partial charge >= 0.3 is 0 Å². The van der Waals surface area contributed by atoms with Crippen molar-refractivity contribution >= 4 is 28.8 Å². The van der Waals surface area contributed by atoms with Gasteiger partial charge < -0.3 is 4.90 Å². The zero-order valence-electron chi connectivity index (χ0n) is 10.6. The van der Waals surface area contributed by atoms with Gasteiger partial charge in [-0.2, -0.15) is 0 Å². The Labute approximate surface area is 116 Å². The standard InChI is InChI=1S/C13H15ClN2O3/c1-9(17)11-6-2-3-8-15(11)13-10(14)5-4-7-12(13)16(18)19/h4-5,7,11H,2-3,6,8H2,1H3. The highest BCUT2D eigenvalue weighted by Gasteiger charge is 2.32. The van der Waals surface area contributed by atoms with Crippen LogP contribution in [0, 0.1) is 10.1 Å². The lowest BCUT2D eigenvalue weighted by Gasteiger charge is -2.36. The van der Waals surface area contributed by atoms with Crippen LogP contribution in [-0.4, -0.2) is 23.3 Å². The minimum atomic E-state index is -0.451. The Morgan fingerprint density at radius 1 is 1.47 bits per heavy atom. The summed E-state index contributed by atoms with van der Waals surface area (Å²) < 4.78 is 0. The van der Waals surface area contributed by atoms with Gasteiger partial charge in [0.1, 0.15) is 5.69 Å². The van der Waals surface area contributed by atoms with Gasteiger partial charge in [-0.3, -0.25) is 14.9 Å². The molecular weight excluding hydrogens is 268 g/mol. The number of halogens is 1. The quantitative estimate of drug-likeness (QED) is 0.631. The minimum absolute atomic E-state index is 0.0221. The highest BCUT2D eigenvalue weighted by Crippen LogP contribution is 2.38. The number of hydrogen-bond donors (Lipinski definition) is 0. The van der Waals surface area contributed by atoms with Crippen molar-refractivity contribution in [2.45, 2.75) is 32.2 Å². The number of piperidine rings is 1. The van der Waals surface area contributed by atoms with Crippen LogP contribution in [0.25, 0.3) is 0 Å². The number of ketones is 1. The van der Waals surface area contributed by atoms with E-state index in [1.54, 1.807) is 17.0 Å². The molecule has 0 aliphatic carbocycles. The van der Waals surface area contributed by atoms with Gasteiger partial charge in [0.2, 0.25) is 0 Å². The average Bonchev–Trinajstić information content (AvgIpc) is 2.38. The Kier molecular flexibility index (Phi) is 4.04. The van der Waals surface area contributed by atoms with E-state index in [2.05, 4.69) is 0 Å². The first-order valence-electron chi connectivity index (χ1n) is 6.22. The van der Waals surface area contributed by atoms with Crippen LogP contribution in [0.3, 0.4) is 0 Å². The molecule has 0 amide bonds. The molecule has 0 bridgehead atoms. The Morgan fingerprint density at radius 3 is 2.84 bits per heavy atom. The van der Waals surface area contributed by atoms with E-state index < -0.39 is 4.92 Å². The molecule has 102 valence electrons. The second-order valence-corrected chi connectivity index (χ2v) is 5.09. The lowest BCUT2D eigenvalue weighted by molar-refractivity contribution is -0.384. The molecule has 19 heavy (non-hydrogen) atoms. The fourth-order valence-electron chi connectivity index (χ4n) is 2.56. The molecule has 2 rings (SSSR count). The fourth-order valence-corrected chi connectivity index (χ4v) is 2.84. The van der Waals surface area contributed by atoms with E-state index in [0.717, 1.165) is 19.3 Å². The minimum Gasteiger partial charge on any atom is -0.355 e. The summed E-state index contributed by atoms with van der Waals surface area (Å²) in [4.78, 5) is 24.2. The first kappa shape index (κ1) is 13.8. The number of hydrogen-bond acceptors (Lipinski definition) is 4. The highest BCUT2D eigenvalue weighted by atomic mass is 35.5. The Balaban J connectivity index is 2.49. The molecule has 1 aliphatic heterocycles. The van der Waals surface area contributed by atoms with Crippen molar-refractivity contribution in [1.82, 2.24) is 0 Å². The molecular formula is C13H15ClN2O3. The molecule has 0 spiro atoms. The summed E-state index contributed by atoms with van der Waals surface area (Å²) >= 11 is 6.12.